The van der Waals surface area contributed by atoms with Crippen molar-refractivity contribution in [3.8, 4) is 5.75 Å². The summed E-state index contributed by atoms with van der Waals surface area (Å²) in [5.74, 6) is 1.01. The van der Waals surface area contributed by atoms with E-state index >= 15 is 0 Å². The number of rotatable bonds is 8. The Hall–Kier alpha value is -2.55. The lowest BCUT2D eigenvalue weighted by atomic mass is 10.0. The number of nitrogens with zero attached hydrogens (tertiary/aromatic N) is 4. The number of hydrogen-bond acceptors (Lipinski definition) is 6. The van der Waals surface area contributed by atoms with E-state index in [1.807, 2.05) is 17.0 Å². The number of nitrogens with one attached hydrogen (secondary N) is 1. The van der Waals surface area contributed by atoms with Crippen LogP contribution >= 0.6 is 0 Å². The van der Waals surface area contributed by atoms with Gasteiger partial charge in [0, 0.05) is 69.0 Å². The fourth-order valence-corrected chi connectivity index (χ4v) is 5.39. The zero-order valence-corrected chi connectivity index (χ0v) is 21.5. The molecule has 2 aromatic rings. The van der Waals surface area contributed by atoms with Crippen molar-refractivity contribution in [3.05, 3.63) is 59.2 Å². The van der Waals surface area contributed by atoms with Crippen molar-refractivity contribution in [2.45, 2.75) is 50.8 Å². The molecule has 1 aliphatic carbocycles. The average molecular weight is 496 g/mol. The summed E-state index contributed by atoms with van der Waals surface area (Å²) in [7, 11) is 2.14. The second-order valence-electron chi connectivity index (χ2n) is 10.6. The van der Waals surface area contributed by atoms with Crippen LogP contribution in [0.4, 0.5) is 4.39 Å². The van der Waals surface area contributed by atoms with Gasteiger partial charge in [0.15, 0.2) is 0 Å². The van der Waals surface area contributed by atoms with Gasteiger partial charge in [-0.3, -0.25) is 9.69 Å². The minimum absolute atomic E-state index is 0.168. The van der Waals surface area contributed by atoms with Crippen LogP contribution in [0, 0.1) is 12.9 Å². The second-order valence-corrected chi connectivity index (χ2v) is 10.6. The molecule has 2 aliphatic heterocycles. The van der Waals surface area contributed by atoms with Gasteiger partial charge in [0.2, 0.25) is 11.9 Å². The van der Waals surface area contributed by atoms with Gasteiger partial charge < -0.3 is 19.9 Å². The normalized spacial score (nSPS) is 23.6. The van der Waals surface area contributed by atoms with Crippen LogP contribution in [-0.4, -0.2) is 90.5 Å². The van der Waals surface area contributed by atoms with E-state index in [-0.39, 0.29) is 12.5 Å². The van der Waals surface area contributed by atoms with E-state index in [2.05, 4.69) is 40.1 Å². The molecule has 3 fully saturated rings. The summed E-state index contributed by atoms with van der Waals surface area (Å²) in [5, 5.41) is 3.84. The molecule has 2 atom stereocenters. The van der Waals surface area contributed by atoms with Crippen molar-refractivity contribution in [1.29, 1.82) is 0 Å². The first-order valence-electron chi connectivity index (χ1n) is 13.2. The van der Waals surface area contributed by atoms with Crippen LogP contribution in [0.3, 0.4) is 0 Å². The highest BCUT2D eigenvalue weighted by Crippen LogP contribution is 2.46. The molecule has 3 aliphatic rings. The molecule has 0 radical (unpaired) electrons. The van der Waals surface area contributed by atoms with Gasteiger partial charge in [-0.15, -0.1) is 0 Å². The van der Waals surface area contributed by atoms with E-state index in [0.29, 0.717) is 30.1 Å². The molecule has 2 saturated heterocycles. The van der Waals surface area contributed by atoms with Crippen molar-refractivity contribution < 1.29 is 13.9 Å². The summed E-state index contributed by atoms with van der Waals surface area (Å²) in [4.78, 5) is 23.1. The van der Waals surface area contributed by atoms with Gasteiger partial charge >= 0.3 is 0 Å². The standard InChI is InChI=1S/C28H38FN5O2/c1-20-5-6-26(36-19-21-4-3-9-30-28(21)29)24(16-20)23-17-25(23)31-22-7-10-34(11-8-22)27(35)18-33-14-12-32(2)13-15-33/h3-6,9,16,22-23,25,31H,7-8,10-15,17-19H2,1-2H3. The lowest BCUT2D eigenvalue weighted by Gasteiger charge is -2.36. The van der Waals surface area contributed by atoms with Gasteiger partial charge in [0.05, 0.1) is 6.54 Å². The molecule has 1 saturated carbocycles. The van der Waals surface area contributed by atoms with E-state index in [9.17, 15) is 9.18 Å². The number of amides is 1. The largest absolute Gasteiger partial charge is 0.488 e. The van der Waals surface area contributed by atoms with Crippen molar-refractivity contribution in [2.75, 3.05) is 52.9 Å². The summed E-state index contributed by atoms with van der Waals surface area (Å²) in [5.41, 5.74) is 2.85. The first-order valence-corrected chi connectivity index (χ1v) is 13.2. The monoisotopic (exact) mass is 495 g/mol. The molecule has 36 heavy (non-hydrogen) atoms. The van der Waals surface area contributed by atoms with Crippen molar-refractivity contribution in [2.24, 2.45) is 0 Å². The van der Waals surface area contributed by atoms with Gasteiger partial charge in [-0.1, -0.05) is 17.7 Å². The number of aromatic nitrogens is 1. The molecule has 7 nitrogen and oxygen atoms in total. The summed E-state index contributed by atoms with van der Waals surface area (Å²) in [6.07, 6.45) is 4.51. The summed E-state index contributed by atoms with van der Waals surface area (Å²) >= 11 is 0. The van der Waals surface area contributed by atoms with E-state index in [0.717, 1.165) is 64.3 Å². The number of piperazine rings is 1. The first kappa shape index (κ1) is 25.1. The molecular weight excluding hydrogens is 457 g/mol. The lowest BCUT2D eigenvalue weighted by molar-refractivity contribution is -0.133. The number of carbonyl (C=O) groups is 1. The van der Waals surface area contributed by atoms with Crippen molar-refractivity contribution in [3.63, 3.8) is 0 Å². The minimum Gasteiger partial charge on any atom is -0.488 e. The van der Waals surface area contributed by atoms with E-state index in [1.165, 1.54) is 17.3 Å². The fraction of sp³-hybridized carbons (Fsp3) is 0.571. The van der Waals surface area contributed by atoms with Gasteiger partial charge in [-0.25, -0.2) is 4.98 Å². The summed E-state index contributed by atoms with van der Waals surface area (Å²) in [6, 6.07) is 10.5. The van der Waals surface area contributed by atoms with Crippen LogP contribution in [0.5, 0.6) is 5.75 Å². The SMILES string of the molecule is Cc1ccc(OCc2cccnc2F)c(C2CC2NC2CCN(C(=O)CN3CCN(C)CC3)CC2)c1. The zero-order valence-electron chi connectivity index (χ0n) is 21.5. The van der Waals surface area contributed by atoms with E-state index < -0.39 is 5.95 Å². The fourth-order valence-electron chi connectivity index (χ4n) is 5.39. The van der Waals surface area contributed by atoms with Crippen molar-refractivity contribution >= 4 is 5.91 Å². The molecule has 194 valence electrons. The van der Waals surface area contributed by atoms with Gasteiger partial charge in [0.25, 0.3) is 0 Å². The maximum absolute atomic E-state index is 13.9. The Balaban J connectivity index is 1.10. The smallest absolute Gasteiger partial charge is 0.236 e. The molecule has 1 aromatic heterocycles. The maximum Gasteiger partial charge on any atom is 0.236 e. The molecule has 8 heteroatoms. The number of hydrogen-bond donors (Lipinski definition) is 1. The molecule has 0 bridgehead atoms. The van der Waals surface area contributed by atoms with Crippen LogP contribution in [0.25, 0.3) is 0 Å². The molecule has 1 amide bonds. The third-order valence-electron chi connectivity index (χ3n) is 7.83. The predicted molar refractivity (Wildman–Crippen MR) is 138 cm³/mol. The van der Waals surface area contributed by atoms with Gasteiger partial charge in [0.1, 0.15) is 12.4 Å². The molecular formula is C28H38FN5O2. The van der Waals surface area contributed by atoms with Crippen LogP contribution in [-0.2, 0) is 11.4 Å². The Morgan fingerprint density at radius 2 is 1.92 bits per heavy atom. The Bertz CT molecular complexity index is 1050. The highest BCUT2D eigenvalue weighted by molar-refractivity contribution is 5.78. The molecule has 0 spiro atoms. The number of halogens is 1. The maximum atomic E-state index is 13.9. The lowest BCUT2D eigenvalue weighted by Crippen LogP contribution is -2.51. The molecule has 1 aromatic carbocycles. The quantitative estimate of drug-likeness (QED) is 0.569. The highest BCUT2D eigenvalue weighted by Gasteiger charge is 2.41. The second kappa shape index (κ2) is 11.2. The number of likely N-dealkylation sites (N-methyl/N-ethyl adjacent to an activating group) is 1. The topological polar surface area (TPSA) is 60.9 Å². The third-order valence-corrected chi connectivity index (χ3v) is 7.83. The molecule has 2 unspecified atom stereocenters. The van der Waals surface area contributed by atoms with Crippen LogP contribution in [0.1, 0.15) is 41.9 Å². The Labute approximate surface area is 213 Å². The van der Waals surface area contributed by atoms with Gasteiger partial charge in [-0.05, 0) is 57.0 Å². The molecule has 5 rings (SSSR count). The Kier molecular flexibility index (Phi) is 7.84. The minimum atomic E-state index is -0.481. The number of carbonyl (C=O) groups excluding carboxylic acids is 1. The Morgan fingerprint density at radius 1 is 1.14 bits per heavy atom. The van der Waals surface area contributed by atoms with Crippen LogP contribution < -0.4 is 10.1 Å². The molecule has 3 heterocycles. The number of ether oxygens (including phenoxy) is 1. The highest BCUT2D eigenvalue weighted by atomic mass is 19.1. The summed E-state index contributed by atoms with van der Waals surface area (Å²) < 4.78 is 20.0. The first-order chi connectivity index (χ1) is 17.5. The van der Waals surface area contributed by atoms with Crippen LogP contribution in [0.2, 0.25) is 0 Å². The number of pyridine rings is 1. The predicted octanol–water partition coefficient (Wildman–Crippen LogP) is 2.79. The number of likely N-dealkylation sites (tertiary alicyclic amines) is 1. The zero-order chi connectivity index (χ0) is 25.1. The Morgan fingerprint density at radius 3 is 2.67 bits per heavy atom. The summed E-state index contributed by atoms with van der Waals surface area (Å²) in [6.45, 7) is 8.50. The van der Waals surface area contributed by atoms with Crippen LogP contribution in [0.15, 0.2) is 36.5 Å². The van der Waals surface area contributed by atoms with E-state index in [1.54, 1.807) is 12.1 Å². The van der Waals surface area contributed by atoms with Crippen molar-refractivity contribution in [1.82, 2.24) is 25.0 Å². The van der Waals surface area contributed by atoms with E-state index in [4.69, 9.17) is 4.74 Å². The average Bonchev–Trinajstić information content (AvgIpc) is 3.64. The number of aryl methyl sites for hydroxylation is 1. The number of piperidine rings is 1. The third kappa shape index (κ3) is 6.22. The number of benzene rings is 1. The van der Waals surface area contributed by atoms with Gasteiger partial charge in [-0.2, -0.15) is 4.39 Å². The molecule has 1 N–H and O–H groups in total.